The van der Waals surface area contributed by atoms with E-state index < -0.39 is 40.4 Å². The van der Waals surface area contributed by atoms with Crippen LogP contribution in [0.1, 0.15) is 36.0 Å². The van der Waals surface area contributed by atoms with Crippen molar-refractivity contribution in [3.05, 3.63) is 29.8 Å². The Hall–Kier alpha value is -2.07. The number of carbonyl (C=O) groups is 2. The Morgan fingerprint density at radius 3 is 2.27 bits per heavy atom. The lowest BCUT2D eigenvalue weighted by Gasteiger charge is -2.33. The smallest absolute Gasteiger partial charge is 0.322 e. The first kappa shape index (κ1) is 20.2. The summed E-state index contributed by atoms with van der Waals surface area (Å²) >= 11 is 0. The maximum absolute atomic E-state index is 13.3. The lowest BCUT2D eigenvalue weighted by Crippen LogP contribution is -2.41. The molecular weight excluding hydrogens is 370 g/mol. The molecule has 1 fully saturated rings. The van der Waals surface area contributed by atoms with Crippen LogP contribution in [0.5, 0.6) is 0 Å². The second kappa shape index (κ2) is 7.67. The van der Waals surface area contributed by atoms with Gasteiger partial charge in [-0.25, -0.2) is 17.2 Å². The number of sulfonamides is 1. The van der Waals surface area contributed by atoms with Crippen LogP contribution in [0, 0.1) is 0 Å². The Balaban J connectivity index is 2.09. The van der Waals surface area contributed by atoms with Crippen LogP contribution in [0.15, 0.2) is 29.2 Å². The molecule has 2 N–H and O–H groups in total. The second-order valence-electron chi connectivity index (χ2n) is 6.21. The molecule has 0 atom stereocenters. The highest BCUT2D eigenvalue weighted by Crippen LogP contribution is 2.36. The number of carboxylic acids is 1. The molecule has 1 aromatic rings. The third kappa shape index (κ3) is 4.76. The topological polar surface area (TPSA) is 104 Å². The van der Waals surface area contributed by atoms with E-state index in [1.165, 1.54) is 31.3 Å². The van der Waals surface area contributed by atoms with Crippen LogP contribution in [0.25, 0.3) is 0 Å². The van der Waals surface area contributed by atoms with Gasteiger partial charge in [0.25, 0.3) is 5.91 Å². The number of aliphatic carboxylic acids is 1. The van der Waals surface area contributed by atoms with Crippen molar-refractivity contribution in [2.45, 2.75) is 42.5 Å². The summed E-state index contributed by atoms with van der Waals surface area (Å²) in [4.78, 5) is 22.1. The van der Waals surface area contributed by atoms with Crippen LogP contribution in [-0.4, -0.2) is 55.3 Å². The van der Waals surface area contributed by atoms with Crippen LogP contribution in [-0.2, 0) is 14.8 Å². The maximum atomic E-state index is 13.3. The summed E-state index contributed by atoms with van der Waals surface area (Å²) in [7, 11) is -2.52. The normalized spacial score (nSPS) is 17.8. The second-order valence-corrected chi connectivity index (χ2v) is 8.21. The number of halogens is 2. The van der Waals surface area contributed by atoms with E-state index >= 15 is 0 Å². The number of hydrogen-bond acceptors (Lipinski definition) is 4. The molecule has 7 nitrogen and oxygen atoms in total. The molecule has 26 heavy (non-hydrogen) atoms. The number of amides is 1. The fraction of sp³-hybridized carbons (Fsp3) is 0.500. The van der Waals surface area contributed by atoms with Crippen molar-refractivity contribution in [3.8, 4) is 0 Å². The zero-order valence-corrected chi connectivity index (χ0v) is 14.9. The van der Waals surface area contributed by atoms with Gasteiger partial charge in [0.1, 0.15) is 6.54 Å². The molecule has 1 amide bonds. The van der Waals surface area contributed by atoms with Gasteiger partial charge in [0, 0.05) is 31.5 Å². The summed E-state index contributed by atoms with van der Waals surface area (Å²) in [5.74, 6) is -4.58. The van der Waals surface area contributed by atoms with Gasteiger partial charge in [0.15, 0.2) is 0 Å². The van der Waals surface area contributed by atoms with Crippen molar-refractivity contribution in [1.82, 2.24) is 9.62 Å². The minimum absolute atomic E-state index is 0.0629. The molecular formula is C16H20F2N2O5S. The number of carbonyl (C=O) groups excluding carboxylic acids is 1. The first-order valence-electron chi connectivity index (χ1n) is 7.99. The van der Waals surface area contributed by atoms with Gasteiger partial charge in [0.05, 0.1) is 4.90 Å². The molecule has 0 radical (unpaired) electrons. The minimum Gasteiger partial charge on any atom is -0.480 e. The zero-order valence-electron chi connectivity index (χ0n) is 14.1. The van der Waals surface area contributed by atoms with Gasteiger partial charge in [0.2, 0.25) is 15.9 Å². The van der Waals surface area contributed by atoms with E-state index in [0.717, 1.165) is 4.31 Å². The highest BCUT2D eigenvalue weighted by atomic mass is 32.2. The fourth-order valence-corrected chi connectivity index (χ4v) is 4.20. The number of carboxylic acid groups (broad SMARTS) is 1. The first-order valence-corrected chi connectivity index (χ1v) is 9.43. The van der Waals surface area contributed by atoms with E-state index in [1.807, 2.05) is 0 Å². The number of benzene rings is 1. The van der Waals surface area contributed by atoms with Crippen LogP contribution in [0.3, 0.4) is 0 Å². The Bertz CT molecular complexity index is 770. The number of nitrogens with zero attached hydrogens (tertiary/aromatic N) is 1. The van der Waals surface area contributed by atoms with Gasteiger partial charge >= 0.3 is 5.97 Å². The highest BCUT2D eigenvalue weighted by molar-refractivity contribution is 7.89. The molecule has 0 bridgehead atoms. The molecule has 0 saturated heterocycles. The van der Waals surface area contributed by atoms with E-state index in [9.17, 15) is 26.8 Å². The van der Waals surface area contributed by atoms with E-state index in [2.05, 4.69) is 5.32 Å². The van der Waals surface area contributed by atoms with Crippen molar-refractivity contribution in [3.63, 3.8) is 0 Å². The largest absolute Gasteiger partial charge is 0.480 e. The molecule has 0 spiro atoms. The van der Waals surface area contributed by atoms with Gasteiger partial charge in [-0.3, -0.25) is 9.59 Å². The van der Waals surface area contributed by atoms with Gasteiger partial charge in [-0.2, -0.15) is 4.31 Å². The van der Waals surface area contributed by atoms with Gasteiger partial charge < -0.3 is 10.4 Å². The summed E-state index contributed by atoms with van der Waals surface area (Å²) < 4.78 is 52.9. The molecule has 1 aliphatic carbocycles. The SMILES string of the molecule is CN(C1CCC(F)(F)CC1)S(=O)(=O)c1ccc(C(=O)NCC(=O)O)cc1. The Kier molecular flexibility index (Phi) is 5.97. The predicted molar refractivity (Wildman–Crippen MR) is 88.6 cm³/mol. The number of rotatable bonds is 6. The van der Waals surface area contributed by atoms with Crippen LogP contribution < -0.4 is 5.32 Å². The van der Waals surface area contributed by atoms with Gasteiger partial charge in [-0.05, 0) is 37.1 Å². The molecule has 1 aliphatic rings. The average molecular weight is 390 g/mol. The number of nitrogens with one attached hydrogen (secondary N) is 1. The summed E-state index contributed by atoms with van der Waals surface area (Å²) in [6, 6.07) is 4.51. The van der Waals surface area contributed by atoms with E-state index in [4.69, 9.17) is 5.11 Å². The van der Waals surface area contributed by atoms with Gasteiger partial charge in [-0.1, -0.05) is 0 Å². The quantitative estimate of drug-likeness (QED) is 0.769. The summed E-state index contributed by atoms with van der Waals surface area (Å²) in [5.41, 5.74) is 0.116. The molecule has 1 aromatic carbocycles. The molecule has 0 aromatic heterocycles. The highest BCUT2D eigenvalue weighted by Gasteiger charge is 2.39. The molecule has 0 heterocycles. The predicted octanol–water partition coefficient (Wildman–Crippen LogP) is 1.70. The van der Waals surface area contributed by atoms with Crippen LogP contribution in [0.4, 0.5) is 8.78 Å². The summed E-state index contributed by atoms with van der Waals surface area (Å²) in [6.07, 6.45) is -0.531. The molecule has 0 aliphatic heterocycles. The molecule has 144 valence electrons. The minimum atomic E-state index is -3.88. The standard InChI is InChI=1S/C16H20F2N2O5S/c1-20(12-6-8-16(17,18)9-7-12)26(24,25)13-4-2-11(3-5-13)15(23)19-10-14(21)22/h2-5,12H,6-10H2,1H3,(H,19,23)(H,21,22). The van der Waals surface area contributed by atoms with Crippen molar-refractivity contribution < 1.29 is 31.9 Å². The van der Waals surface area contributed by atoms with Crippen molar-refractivity contribution in [2.75, 3.05) is 13.6 Å². The van der Waals surface area contributed by atoms with Crippen molar-refractivity contribution in [1.29, 1.82) is 0 Å². The molecule has 0 unspecified atom stereocenters. The summed E-state index contributed by atoms with van der Waals surface area (Å²) in [5, 5.41) is 10.7. The maximum Gasteiger partial charge on any atom is 0.322 e. The van der Waals surface area contributed by atoms with Crippen LogP contribution in [0.2, 0.25) is 0 Å². The van der Waals surface area contributed by atoms with Crippen molar-refractivity contribution >= 4 is 21.9 Å². The van der Waals surface area contributed by atoms with E-state index in [1.54, 1.807) is 0 Å². The average Bonchev–Trinajstić information content (AvgIpc) is 2.59. The third-order valence-corrected chi connectivity index (χ3v) is 6.32. The monoisotopic (exact) mass is 390 g/mol. The Morgan fingerprint density at radius 1 is 1.23 bits per heavy atom. The Morgan fingerprint density at radius 2 is 1.77 bits per heavy atom. The molecule has 10 heteroatoms. The lowest BCUT2D eigenvalue weighted by molar-refractivity contribution is -0.135. The number of hydrogen-bond donors (Lipinski definition) is 2. The van der Waals surface area contributed by atoms with E-state index in [0.29, 0.717) is 0 Å². The third-order valence-electron chi connectivity index (χ3n) is 4.39. The van der Waals surface area contributed by atoms with Crippen molar-refractivity contribution in [2.24, 2.45) is 0 Å². The van der Waals surface area contributed by atoms with E-state index in [-0.39, 0.29) is 36.1 Å². The zero-order chi connectivity index (χ0) is 19.5. The molecule has 2 rings (SSSR count). The lowest BCUT2D eigenvalue weighted by atomic mass is 9.92. The number of alkyl halides is 2. The van der Waals surface area contributed by atoms with Crippen LogP contribution >= 0.6 is 0 Å². The fourth-order valence-electron chi connectivity index (χ4n) is 2.79. The Labute approximate surface area is 150 Å². The summed E-state index contributed by atoms with van der Waals surface area (Å²) in [6.45, 7) is -0.548. The first-order chi connectivity index (χ1) is 12.0. The van der Waals surface area contributed by atoms with Gasteiger partial charge in [-0.15, -0.1) is 0 Å². The molecule has 1 saturated carbocycles.